The highest BCUT2D eigenvalue weighted by atomic mass is 31.2. The summed E-state index contributed by atoms with van der Waals surface area (Å²) in [6, 6.07) is 0. The van der Waals surface area contributed by atoms with E-state index in [1.165, 1.54) is 77.0 Å². The number of esters is 2. The summed E-state index contributed by atoms with van der Waals surface area (Å²) in [5, 5.41) is 0. The second-order valence-corrected chi connectivity index (χ2v) is 28.0. The maximum Gasteiger partial charge on any atom is 0.306 e. The molecule has 0 radical (unpaired) electrons. The number of nitrogens with zero attached hydrogens (tertiary/aromatic N) is 1. The topological polar surface area (TPSA) is 111 Å². The number of rotatable bonds is 70. The van der Waals surface area contributed by atoms with Crippen molar-refractivity contribution in [2.24, 2.45) is 0 Å². The highest BCUT2D eigenvalue weighted by Gasteiger charge is 2.22. The third-order valence-electron chi connectivity index (χ3n) is 16.0. The standard InChI is InChI=1S/C90H144NO8P/c1-6-8-10-12-14-16-18-20-22-24-26-28-30-32-34-36-38-40-42-44-45-47-49-51-53-55-57-59-61-63-65-67-69-71-73-75-77-79-81-83-90(93)99-88(87-98-100(94,95)97-85-84-91(3,4)5)86-96-89(92)82-80-78-76-74-72-70-68-66-64-62-60-58-56-54-52-50-48-46-43-41-39-37-35-33-31-29-27-25-23-21-19-17-15-13-11-9-7-2/h8-11,14-17,20-23,26-29,32-35,38-41,44-46,48-49,51-52,54-55,57-58,60,88H,6-7,12-13,18-19,24-25,30-31,36-37,42-43,47,50,53,56,59,61-87H2,1-5H3/b10-8-,11-9-,16-14-,17-15-,22-20-,23-21-,28-26-,29-27-,34-32-,35-33-,40-38-,41-39-,45-44-,48-46-,51-49-,54-52-,57-55-,60-58-. The normalized spacial score (nSPS) is 14.3. The van der Waals surface area contributed by atoms with Crippen LogP contribution in [0.4, 0.5) is 0 Å². The van der Waals surface area contributed by atoms with E-state index in [1.54, 1.807) is 0 Å². The average Bonchev–Trinajstić information content (AvgIpc) is 1.07. The maximum atomic E-state index is 12.9. The Balaban J connectivity index is 4.11. The van der Waals surface area contributed by atoms with E-state index in [4.69, 9.17) is 18.5 Å². The highest BCUT2D eigenvalue weighted by molar-refractivity contribution is 7.45. The zero-order valence-corrected chi connectivity index (χ0v) is 64.9. The number of allylic oxidation sites excluding steroid dienone is 36. The lowest BCUT2D eigenvalue weighted by Crippen LogP contribution is -2.37. The van der Waals surface area contributed by atoms with Gasteiger partial charge in [-0.1, -0.05) is 335 Å². The fourth-order valence-corrected chi connectivity index (χ4v) is 10.8. The number of hydrogen-bond donors (Lipinski definition) is 0. The highest BCUT2D eigenvalue weighted by Crippen LogP contribution is 2.38. The van der Waals surface area contributed by atoms with Crippen molar-refractivity contribution < 1.29 is 42.1 Å². The minimum absolute atomic E-state index is 0.0430. The van der Waals surface area contributed by atoms with Crippen LogP contribution in [-0.4, -0.2) is 70.0 Å². The van der Waals surface area contributed by atoms with E-state index in [0.717, 1.165) is 167 Å². The van der Waals surface area contributed by atoms with Crippen LogP contribution in [-0.2, 0) is 32.7 Å². The fourth-order valence-electron chi connectivity index (χ4n) is 10.1. The molecule has 0 saturated carbocycles. The van der Waals surface area contributed by atoms with Crippen LogP contribution in [0, 0.1) is 0 Å². The molecule has 0 aliphatic carbocycles. The Morgan fingerprint density at radius 1 is 0.310 bits per heavy atom. The first-order valence-electron chi connectivity index (χ1n) is 39.4. The Hall–Kier alpha value is -5.67. The lowest BCUT2D eigenvalue weighted by atomic mass is 10.0. The lowest BCUT2D eigenvalue weighted by Gasteiger charge is -2.28. The molecule has 0 rings (SSSR count). The number of quaternary nitrogens is 1. The first kappa shape index (κ1) is 94.3. The fraction of sp³-hybridized carbons (Fsp3) is 0.578. The molecule has 9 nitrogen and oxygen atoms in total. The smallest absolute Gasteiger partial charge is 0.306 e. The van der Waals surface area contributed by atoms with Crippen LogP contribution in [0.5, 0.6) is 0 Å². The summed E-state index contributed by atoms with van der Waals surface area (Å²) in [5.74, 6) is -0.855. The van der Waals surface area contributed by atoms with Crippen LogP contribution in [0.15, 0.2) is 219 Å². The summed E-state index contributed by atoms with van der Waals surface area (Å²) in [4.78, 5) is 38.2. The van der Waals surface area contributed by atoms with Gasteiger partial charge in [0.25, 0.3) is 7.82 Å². The van der Waals surface area contributed by atoms with Gasteiger partial charge in [0.05, 0.1) is 27.7 Å². The number of likely N-dealkylation sites (N-methyl/N-ethyl adjacent to an activating group) is 1. The summed E-state index contributed by atoms with van der Waals surface area (Å²) in [6.45, 7) is 3.99. The molecular formula is C90H144NO8P. The molecule has 2 atom stereocenters. The Morgan fingerprint density at radius 2 is 0.540 bits per heavy atom. The van der Waals surface area contributed by atoms with Crippen molar-refractivity contribution in [1.82, 2.24) is 0 Å². The van der Waals surface area contributed by atoms with Gasteiger partial charge in [-0.2, -0.15) is 0 Å². The van der Waals surface area contributed by atoms with Crippen molar-refractivity contribution in [3.8, 4) is 0 Å². The molecule has 0 N–H and O–H groups in total. The third-order valence-corrected chi connectivity index (χ3v) is 17.0. The molecule has 0 saturated heterocycles. The predicted octanol–water partition coefficient (Wildman–Crippen LogP) is 26.1. The SMILES string of the molecule is CC/C=C\C/C=C\C/C=C\C/C=C\C/C=C\C/C=C\C/C=C\C/C=C\C/C=C\CCCCCCCCCCCCCC(=O)OC(COC(=O)CCCCCCCCCCC/C=C\C/C=C\C/C=C\C/C=C\C/C=C\C/C=C\C/C=C\C/C=C\C/C=C\CC)COP(=O)([O-])OCC[N+](C)(C)C. The molecule has 0 bridgehead atoms. The van der Waals surface area contributed by atoms with Gasteiger partial charge in [0.2, 0.25) is 0 Å². The van der Waals surface area contributed by atoms with Crippen LogP contribution in [0.1, 0.15) is 284 Å². The summed E-state index contributed by atoms with van der Waals surface area (Å²) >= 11 is 0. The van der Waals surface area contributed by atoms with Crippen LogP contribution in [0.3, 0.4) is 0 Å². The molecule has 10 heteroatoms. The van der Waals surface area contributed by atoms with E-state index >= 15 is 0 Å². The summed E-state index contributed by atoms with van der Waals surface area (Å²) in [5.41, 5.74) is 0. The summed E-state index contributed by atoms with van der Waals surface area (Å²) in [7, 11) is 1.14. The average molecular weight is 1400 g/mol. The van der Waals surface area contributed by atoms with Crippen molar-refractivity contribution in [3.05, 3.63) is 219 Å². The Kier molecular flexibility index (Phi) is 73.1. The Morgan fingerprint density at radius 3 is 0.800 bits per heavy atom. The van der Waals surface area contributed by atoms with Crippen molar-refractivity contribution in [3.63, 3.8) is 0 Å². The van der Waals surface area contributed by atoms with Gasteiger partial charge in [0, 0.05) is 12.8 Å². The molecule has 0 spiro atoms. The molecule has 0 aromatic rings. The number of hydrogen-bond acceptors (Lipinski definition) is 8. The first-order chi connectivity index (χ1) is 49.0. The largest absolute Gasteiger partial charge is 0.756 e. The number of ether oxygens (including phenoxy) is 2. The van der Waals surface area contributed by atoms with Gasteiger partial charge in [-0.15, -0.1) is 0 Å². The molecule has 0 aliphatic rings. The second kappa shape index (κ2) is 77.5. The van der Waals surface area contributed by atoms with E-state index in [1.807, 2.05) is 21.1 Å². The molecule has 0 aromatic carbocycles. The zero-order valence-electron chi connectivity index (χ0n) is 64.0. The molecule has 562 valence electrons. The monoisotopic (exact) mass is 1400 g/mol. The van der Waals surface area contributed by atoms with Crippen LogP contribution in [0.25, 0.3) is 0 Å². The van der Waals surface area contributed by atoms with Gasteiger partial charge >= 0.3 is 11.9 Å². The number of carbonyl (C=O) groups is 2. The molecule has 0 aliphatic heterocycles. The molecule has 0 aromatic heterocycles. The van der Waals surface area contributed by atoms with Gasteiger partial charge in [-0.25, -0.2) is 0 Å². The molecule has 100 heavy (non-hydrogen) atoms. The summed E-state index contributed by atoms with van der Waals surface area (Å²) < 4.78 is 34.4. The van der Waals surface area contributed by atoms with Crippen molar-refractivity contribution in [2.75, 3.05) is 47.5 Å². The van der Waals surface area contributed by atoms with E-state index in [-0.39, 0.29) is 26.1 Å². The van der Waals surface area contributed by atoms with Crippen molar-refractivity contribution in [2.45, 2.75) is 290 Å². The number of phosphoric acid groups is 1. The quantitative estimate of drug-likeness (QED) is 0.0195. The van der Waals surface area contributed by atoms with Crippen molar-refractivity contribution in [1.29, 1.82) is 0 Å². The molecule has 0 heterocycles. The Bertz CT molecular complexity index is 2500. The zero-order chi connectivity index (χ0) is 72.5. The van der Waals surface area contributed by atoms with Crippen LogP contribution >= 0.6 is 7.82 Å². The molecule has 0 amide bonds. The number of carbonyl (C=O) groups excluding carboxylic acids is 2. The molecular weight excluding hydrogens is 1250 g/mol. The summed E-state index contributed by atoms with van der Waals surface area (Å²) in [6.07, 6.45) is 123. The van der Waals surface area contributed by atoms with E-state index in [2.05, 4.69) is 233 Å². The number of phosphoric ester groups is 1. The van der Waals surface area contributed by atoms with E-state index in [0.29, 0.717) is 23.9 Å². The maximum absolute atomic E-state index is 12.9. The van der Waals surface area contributed by atoms with Gasteiger partial charge in [0.15, 0.2) is 6.10 Å². The minimum atomic E-state index is -4.66. The van der Waals surface area contributed by atoms with E-state index < -0.39 is 32.5 Å². The third kappa shape index (κ3) is 81.3. The predicted molar refractivity (Wildman–Crippen MR) is 433 cm³/mol. The molecule has 0 fully saturated rings. The number of unbranched alkanes of at least 4 members (excludes halogenated alkanes) is 20. The van der Waals surface area contributed by atoms with Crippen molar-refractivity contribution >= 4 is 19.8 Å². The second-order valence-electron chi connectivity index (χ2n) is 26.6. The van der Waals surface area contributed by atoms with Crippen LogP contribution < -0.4 is 4.89 Å². The Labute approximate surface area is 614 Å². The van der Waals surface area contributed by atoms with Gasteiger partial charge < -0.3 is 27.9 Å². The first-order valence-corrected chi connectivity index (χ1v) is 40.9. The minimum Gasteiger partial charge on any atom is -0.756 e. The van der Waals surface area contributed by atoms with Crippen LogP contribution in [0.2, 0.25) is 0 Å². The van der Waals surface area contributed by atoms with E-state index in [9.17, 15) is 19.0 Å². The molecule has 2 unspecified atom stereocenters. The lowest BCUT2D eigenvalue weighted by molar-refractivity contribution is -0.870. The van der Waals surface area contributed by atoms with Gasteiger partial charge in [-0.05, 0) is 154 Å². The van der Waals surface area contributed by atoms with Gasteiger partial charge in [-0.3, -0.25) is 14.2 Å². The van der Waals surface area contributed by atoms with Gasteiger partial charge in [0.1, 0.15) is 19.8 Å².